The van der Waals surface area contributed by atoms with Crippen LogP contribution >= 0.6 is 19.8 Å². The molecule has 0 aliphatic carbocycles. The highest BCUT2D eigenvalue weighted by Crippen LogP contribution is 2.44. The van der Waals surface area contributed by atoms with Crippen LogP contribution in [0.3, 0.4) is 0 Å². The molecule has 5 atom stereocenters. The normalized spacial score (nSPS) is 13.7. The van der Waals surface area contributed by atoms with Crippen LogP contribution in [0.25, 0.3) is 0 Å². The Hall–Kier alpha value is -6.05. The lowest BCUT2D eigenvalue weighted by Crippen LogP contribution is -2.49. The molecule has 10 N–H and O–H groups in total. The number of carboxylic acid groups (broad SMARTS) is 8. The van der Waals surface area contributed by atoms with E-state index in [1.54, 1.807) is 24.3 Å². The molecule has 0 bridgehead atoms. The summed E-state index contributed by atoms with van der Waals surface area (Å²) in [5, 5.41) is 76.7. The highest BCUT2D eigenvalue weighted by atomic mass is 32.1. The summed E-state index contributed by atoms with van der Waals surface area (Å²) >= 11 is 5.45. The first-order chi connectivity index (χ1) is 30.7. The average molecular weight is 981 g/mol. The second-order valence-electron chi connectivity index (χ2n) is 14.7. The number of likely N-dealkylation sites (N-methyl/N-ethyl adjacent to an activating group) is 1. The van der Waals surface area contributed by atoms with Gasteiger partial charge < -0.3 is 55.6 Å². The molecule has 0 saturated carbocycles. The number of nitrogens with one attached hydrogen (secondary N) is 1. The van der Waals surface area contributed by atoms with Crippen molar-refractivity contribution in [1.82, 2.24) is 20.0 Å². The van der Waals surface area contributed by atoms with Gasteiger partial charge in [0.25, 0.3) is 0 Å². The van der Waals surface area contributed by atoms with E-state index in [1.165, 1.54) is 16.8 Å². The van der Waals surface area contributed by atoms with Crippen LogP contribution < -0.4 is 5.32 Å². The number of aliphatic carboxylic acids is 8. The Morgan fingerprint density at radius 1 is 0.697 bits per heavy atom. The SMILES string of the molecule is CN(CC(=O)O)C(Cc1ccc(CC(=S)CC(CCC(=O)N[C@@H](COP(=O)(O)CC(CCC(=O)O)C(=O)O)C(=O)O)C(=O)O)cc1)CN(CCN(CC(=O)O)CC(=O)O)CC(=O)O.O=C=O. The number of nitrogens with zero attached hydrogens (tertiary/aromatic N) is 3. The molecule has 1 rings (SSSR count). The summed E-state index contributed by atoms with van der Waals surface area (Å²) < 4.78 is 17.2. The van der Waals surface area contributed by atoms with E-state index >= 15 is 0 Å². The molecule has 28 heteroatoms. The van der Waals surface area contributed by atoms with Gasteiger partial charge in [0.05, 0.1) is 50.8 Å². The maximum Gasteiger partial charge on any atom is 0.373 e. The van der Waals surface area contributed by atoms with Crippen LogP contribution in [0.2, 0.25) is 0 Å². The standard InChI is InChI=1S/C37H53N4O20PS.CO2/c1-39(16-31(45)46)26(15-40(17-32(47)48)10-11-41(18-33(49)50)19-34(51)52)12-22-2-4-23(5-3-22)13-27(63)14-24(35(53)54)6-8-29(42)38-28(37(57)58)20-61-62(59,60)21-25(36(55)56)7-9-30(43)44;2-1-3/h2-5,24-26,28H,6-21H2,1H3,(H,38,42)(H,43,44)(H,45,46)(H,47,48)(H,49,50)(H,51,52)(H,53,54)(H,55,56)(H,57,58)(H,59,60);/t24?,25?,26?,28-;/m0./s1. The molecular formula is C38H53N4O22PS. The lowest BCUT2D eigenvalue weighted by molar-refractivity contribution is -0.192. The van der Waals surface area contributed by atoms with Gasteiger partial charge in [-0.15, -0.1) is 0 Å². The third kappa shape index (κ3) is 28.0. The minimum atomic E-state index is -4.78. The van der Waals surface area contributed by atoms with Crippen molar-refractivity contribution in [3.05, 3.63) is 35.4 Å². The van der Waals surface area contributed by atoms with Crippen molar-refractivity contribution in [2.75, 3.05) is 65.6 Å². The monoisotopic (exact) mass is 980 g/mol. The molecule has 0 aliphatic rings. The van der Waals surface area contributed by atoms with E-state index in [2.05, 4.69) is 5.32 Å². The molecule has 0 heterocycles. The molecule has 1 amide bonds. The molecule has 66 heavy (non-hydrogen) atoms. The summed E-state index contributed by atoms with van der Waals surface area (Å²) in [6, 6.07) is 4.34. The molecule has 0 fully saturated rings. The quantitative estimate of drug-likeness (QED) is 0.0288. The maximum atomic E-state index is 12.6. The molecule has 26 nitrogen and oxygen atoms in total. The Labute approximate surface area is 381 Å². The molecular weight excluding hydrogens is 927 g/mol. The number of benzene rings is 1. The maximum absolute atomic E-state index is 12.6. The number of amides is 1. The first-order valence-electron chi connectivity index (χ1n) is 19.4. The van der Waals surface area contributed by atoms with Crippen LogP contribution in [0.15, 0.2) is 24.3 Å². The molecule has 0 aromatic heterocycles. The number of carbonyl (C=O) groups is 9. The van der Waals surface area contributed by atoms with E-state index < -0.39 is 143 Å². The highest BCUT2D eigenvalue weighted by Gasteiger charge is 2.33. The summed E-state index contributed by atoms with van der Waals surface area (Å²) in [6.07, 6.45) is -2.52. The average Bonchev–Trinajstić information content (AvgIpc) is 3.18. The van der Waals surface area contributed by atoms with Crippen molar-refractivity contribution < 1.29 is 108 Å². The van der Waals surface area contributed by atoms with Crippen molar-refractivity contribution in [3.63, 3.8) is 0 Å². The zero-order chi connectivity index (χ0) is 50.7. The zero-order valence-corrected chi connectivity index (χ0v) is 37.2. The van der Waals surface area contributed by atoms with E-state index in [0.29, 0.717) is 11.1 Å². The fourth-order valence-electron chi connectivity index (χ4n) is 6.12. The third-order valence-electron chi connectivity index (χ3n) is 9.31. The molecule has 4 unspecified atom stereocenters. The fourth-order valence-corrected chi connectivity index (χ4v) is 7.87. The van der Waals surface area contributed by atoms with Crippen LogP contribution in [-0.4, -0.2) is 203 Å². The van der Waals surface area contributed by atoms with Crippen molar-refractivity contribution in [1.29, 1.82) is 0 Å². The van der Waals surface area contributed by atoms with E-state index in [1.807, 2.05) is 0 Å². The molecule has 0 spiro atoms. The lowest BCUT2D eigenvalue weighted by Gasteiger charge is -2.33. The molecule has 0 radical (unpaired) electrons. The Balaban J connectivity index is 0.0000137. The summed E-state index contributed by atoms with van der Waals surface area (Å²) in [6.45, 7) is -3.34. The summed E-state index contributed by atoms with van der Waals surface area (Å²) in [5.74, 6) is -14.6. The Morgan fingerprint density at radius 3 is 1.64 bits per heavy atom. The predicted octanol–water partition coefficient (Wildman–Crippen LogP) is -0.991. The van der Waals surface area contributed by atoms with Crippen LogP contribution in [0.5, 0.6) is 0 Å². The molecule has 368 valence electrons. The van der Waals surface area contributed by atoms with Gasteiger partial charge in [0.1, 0.15) is 0 Å². The Morgan fingerprint density at radius 2 is 1.17 bits per heavy atom. The van der Waals surface area contributed by atoms with Crippen LogP contribution in [0.1, 0.15) is 43.2 Å². The molecule has 0 saturated heterocycles. The summed E-state index contributed by atoms with van der Waals surface area (Å²) in [4.78, 5) is 135. The summed E-state index contributed by atoms with van der Waals surface area (Å²) in [7, 11) is -3.25. The van der Waals surface area contributed by atoms with E-state index in [4.69, 9.17) is 41.7 Å². The van der Waals surface area contributed by atoms with Crippen LogP contribution in [0, 0.1) is 11.8 Å². The summed E-state index contributed by atoms with van der Waals surface area (Å²) in [5.41, 5.74) is 1.36. The topological polar surface area (TPSA) is 418 Å². The van der Waals surface area contributed by atoms with Gasteiger partial charge in [0.2, 0.25) is 5.91 Å². The highest BCUT2D eigenvalue weighted by molar-refractivity contribution is 7.80. The second kappa shape index (κ2) is 31.0. The van der Waals surface area contributed by atoms with Gasteiger partial charge in [-0.2, -0.15) is 9.59 Å². The van der Waals surface area contributed by atoms with Gasteiger partial charge in [0, 0.05) is 44.9 Å². The number of carboxylic acids is 8. The minimum absolute atomic E-state index is 0.00649. The first-order valence-corrected chi connectivity index (χ1v) is 21.6. The van der Waals surface area contributed by atoms with Gasteiger partial charge in [-0.05, 0) is 48.7 Å². The zero-order valence-electron chi connectivity index (χ0n) is 35.5. The number of carbonyl (C=O) groups excluding carboxylic acids is 3. The van der Waals surface area contributed by atoms with E-state index in [9.17, 15) is 78.1 Å². The number of rotatable bonds is 35. The largest absolute Gasteiger partial charge is 0.481 e. The van der Waals surface area contributed by atoms with E-state index in [0.717, 1.165) is 4.90 Å². The number of thiocarbonyl (C=S) groups is 1. The molecule has 1 aromatic carbocycles. The predicted molar refractivity (Wildman–Crippen MR) is 224 cm³/mol. The second-order valence-corrected chi connectivity index (χ2v) is 17.2. The van der Waals surface area contributed by atoms with Crippen molar-refractivity contribution in [2.24, 2.45) is 11.8 Å². The van der Waals surface area contributed by atoms with Gasteiger partial charge in [0.15, 0.2) is 6.04 Å². The van der Waals surface area contributed by atoms with Crippen LogP contribution in [0.4, 0.5) is 0 Å². The van der Waals surface area contributed by atoms with Gasteiger partial charge in [-0.1, -0.05) is 36.5 Å². The van der Waals surface area contributed by atoms with Gasteiger partial charge in [-0.25, -0.2) is 4.79 Å². The fraction of sp³-hybridized carbons (Fsp3) is 0.553. The Kier molecular flexibility index (Phi) is 28.1. The van der Waals surface area contributed by atoms with Crippen LogP contribution in [-0.2, 0) is 74.7 Å². The van der Waals surface area contributed by atoms with Crippen molar-refractivity contribution >= 4 is 84.5 Å². The van der Waals surface area contributed by atoms with Crippen molar-refractivity contribution in [3.8, 4) is 0 Å². The third-order valence-corrected chi connectivity index (χ3v) is 11.1. The molecule has 0 aliphatic heterocycles. The van der Waals surface area contributed by atoms with E-state index in [-0.39, 0.29) is 56.3 Å². The Bertz CT molecular complexity index is 1930. The van der Waals surface area contributed by atoms with Crippen molar-refractivity contribution in [2.45, 2.75) is 57.0 Å². The van der Waals surface area contributed by atoms with Gasteiger partial charge in [-0.3, -0.25) is 57.6 Å². The number of hydrogen-bond acceptors (Lipinski definition) is 17. The molecule has 1 aromatic rings. The minimum Gasteiger partial charge on any atom is -0.481 e. The smallest absolute Gasteiger partial charge is 0.373 e. The number of hydrogen-bond donors (Lipinski definition) is 10. The first kappa shape index (κ1) is 59.9. The van der Waals surface area contributed by atoms with Gasteiger partial charge >= 0.3 is 61.5 Å². The lowest BCUT2D eigenvalue weighted by atomic mass is 9.94.